The summed E-state index contributed by atoms with van der Waals surface area (Å²) in [5, 5.41) is 32.9. The number of benzene rings is 2. The molecule has 2 atom stereocenters. The van der Waals surface area contributed by atoms with E-state index in [1.807, 2.05) is 78.7 Å². The summed E-state index contributed by atoms with van der Waals surface area (Å²) in [6, 6.07) is 20.5. The van der Waals surface area contributed by atoms with Gasteiger partial charge in [-0.15, -0.1) is 5.10 Å². The van der Waals surface area contributed by atoms with E-state index in [2.05, 4.69) is 31.2 Å². The number of nitrogens with one attached hydrogen (secondary N) is 4. The molecule has 1 aliphatic heterocycles. The number of hydrogen-bond acceptors (Lipinski definition) is 9. The quantitative estimate of drug-likeness (QED) is 0.169. The molecule has 5 aromatic rings. The Morgan fingerprint density at radius 3 is 2.76 bits per heavy atom. The molecule has 1 saturated heterocycles. The normalized spacial score (nSPS) is 17.1. The Morgan fingerprint density at radius 1 is 1.12 bits per heavy atom. The van der Waals surface area contributed by atoms with E-state index in [1.165, 1.54) is 11.8 Å². The topological polar surface area (TPSA) is 136 Å². The van der Waals surface area contributed by atoms with Gasteiger partial charge in [-0.25, -0.2) is 9.50 Å². The molecule has 13 heteroatoms. The van der Waals surface area contributed by atoms with Crippen LogP contribution in [-0.2, 0) is 4.79 Å². The molecule has 0 saturated carbocycles. The summed E-state index contributed by atoms with van der Waals surface area (Å²) in [5.74, 6) is 1.18. The van der Waals surface area contributed by atoms with Crippen molar-refractivity contribution in [3.05, 3.63) is 83.6 Å². The van der Waals surface area contributed by atoms with Gasteiger partial charge >= 0.3 is 0 Å². The fourth-order valence-corrected chi connectivity index (χ4v) is 5.64. The van der Waals surface area contributed by atoms with Gasteiger partial charge in [0.2, 0.25) is 11.1 Å². The molecule has 3 aromatic heterocycles. The lowest BCUT2D eigenvalue weighted by Crippen LogP contribution is -2.33. The van der Waals surface area contributed by atoms with Gasteiger partial charge in [-0.05, 0) is 73.3 Å². The Hall–Kier alpha value is -4.10. The number of rotatable bonds is 9. The number of hydrogen-bond donors (Lipinski definition) is 5. The van der Waals surface area contributed by atoms with Crippen LogP contribution in [0.3, 0.4) is 0 Å². The van der Waals surface area contributed by atoms with Crippen molar-refractivity contribution in [3.63, 3.8) is 0 Å². The van der Waals surface area contributed by atoms with Gasteiger partial charge in [0.15, 0.2) is 11.6 Å². The fourth-order valence-electron chi connectivity index (χ4n) is 4.70. The molecule has 2 aromatic carbocycles. The molecule has 11 nitrogen and oxygen atoms in total. The van der Waals surface area contributed by atoms with Gasteiger partial charge in [0.25, 0.3) is 0 Å². The molecular weight excluding hydrogens is 562 g/mol. The van der Waals surface area contributed by atoms with Crippen LogP contribution in [0.1, 0.15) is 5.69 Å². The predicted octanol–water partition coefficient (Wildman–Crippen LogP) is 4.40. The number of nitrogens with zero attached hydrogens (tertiary/aromatic N) is 5. The fraction of sp³-hybridized carbons (Fsp3) is 0.214. The van der Waals surface area contributed by atoms with Crippen molar-refractivity contribution in [3.8, 4) is 0 Å². The molecule has 4 heterocycles. The van der Waals surface area contributed by atoms with E-state index >= 15 is 0 Å². The molecular formula is C28H28ClN9O2S. The number of H-pyrrole nitrogens is 1. The second-order valence-corrected chi connectivity index (χ2v) is 11.3. The standard InChI is InChI=1S/C28H28ClN9O2S/c1-17-12-25(35-34-17)32-27-23-6-3-11-38(23)36-28(33-27)41-21-9-7-19(8-10-21)31-26(40)16-37-14-22(24(39)15-37)30-20-5-2-4-18(29)13-20/h2-13,22,24,30,39H,14-16H2,1H3,(H,31,40)(H2,32,33,34,35,36)/t22-,24-/m1/s1. The number of halogens is 1. The van der Waals surface area contributed by atoms with Crippen molar-refractivity contribution in [1.82, 2.24) is 29.7 Å². The van der Waals surface area contributed by atoms with Gasteiger partial charge in [0.1, 0.15) is 5.52 Å². The van der Waals surface area contributed by atoms with Crippen LogP contribution in [-0.4, -0.2) is 72.5 Å². The van der Waals surface area contributed by atoms with E-state index in [0.717, 1.165) is 21.8 Å². The van der Waals surface area contributed by atoms with Gasteiger partial charge in [0.05, 0.1) is 18.7 Å². The Balaban J connectivity index is 1.05. The smallest absolute Gasteiger partial charge is 0.238 e. The molecule has 1 amide bonds. The maximum absolute atomic E-state index is 12.7. The Bertz CT molecular complexity index is 1670. The number of fused-ring (bicyclic) bond motifs is 1. The second kappa shape index (κ2) is 11.8. The van der Waals surface area contributed by atoms with Crippen LogP contribution in [0.15, 0.2) is 83.0 Å². The minimum absolute atomic E-state index is 0.147. The molecule has 0 aliphatic carbocycles. The Morgan fingerprint density at radius 2 is 1.98 bits per heavy atom. The van der Waals surface area contributed by atoms with Crippen LogP contribution < -0.4 is 16.0 Å². The summed E-state index contributed by atoms with van der Waals surface area (Å²) in [4.78, 5) is 20.3. The highest BCUT2D eigenvalue weighted by atomic mass is 35.5. The van der Waals surface area contributed by atoms with Crippen LogP contribution in [0, 0.1) is 6.92 Å². The van der Waals surface area contributed by atoms with E-state index in [1.54, 1.807) is 10.6 Å². The SMILES string of the molecule is Cc1cc(Nc2nc(Sc3ccc(NC(=O)CN4C[C@@H](O)[C@H](Nc5cccc(Cl)c5)C4)cc3)nn3cccc23)n[nH]1. The zero-order chi connectivity index (χ0) is 28.3. The Kier molecular flexibility index (Phi) is 7.79. The van der Waals surface area contributed by atoms with E-state index in [0.29, 0.717) is 40.6 Å². The lowest BCUT2D eigenvalue weighted by atomic mass is 10.2. The van der Waals surface area contributed by atoms with Crippen molar-refractivity contribution in [2.75, 3.05) is 35.6 Å². The van der Waals surface area contributed by atoms with Crippen LogP contribution in [0.5, 0.6) is 0 Å². The van der Waals surface area contributed by atoms with Crippen LogP contribution in [0.2, 0.25) is 5.02 Å². The molecule has 0 bridgehead atoms. The summed E-state index contributed by atoms with van der Waals surface area (Å²) in [5.41, 5.74) is 3.31. The molecule has 210 valence electrons. The van der Waals surface area contributed by atoms with Crippen LogP contribution >= 0.6 is 23.4 Å². The first-order chi connectivity index (χ1) is 19.9. The number of carbonyl (C=O) groups is 1. The second-order valence-electron chi connectivity index (χ2n) is 9.84. The molecule has 0 radical (unpaired) electrons. The summed E-state index contributed by atoms with van der Waals surface area (Å²) < 4.78 is 1.77. The molecule has 5 N–H and O–H groups in total. The molecule has 1 aliphatic rings. The number of aromatic nitrogens is 5. The summed E-state index contributed by atoms with van der Waals surface area (Å²) in [6.07, 6.45) is 1.28. The van der Waals surface area contributed by atoms with Crippen molar-refractivity contribution in [2.24, 2.45) is 0 Å². The summed E-state index contributed by atoms with van der Waals surface area (Å²) in [7, 11) is 0. The van der Waals surface area contributed by atoms with Gasteiger partial charge in [-0.1, -0.05) is 17.7 Å². The van der Waals surface area contributed by atoms with Crippen molar-refractivity contribution < 1.29 is 9.90 Å². The third-order valence-corrected chi connectivity index (χ3v) is 7.68. The lowest BCUT2D eigenvalue weighted by molar-refractivity contribution is -0.117. The number of aromatic amines is 1. The molecule has 6 rings (SSSR count). The Labute approximate surface area is 245 Å². The van der Waals surface area contributed by atoms with Crippen molar-refractivity contribution >= 4 is 57.8 Å². The number of amides is 1. The number of β-amino-alcohol motifs (C(OH)–C–C–N with tert-alkyl or cyclic N) is 1. The monoisotopic (exact) mass is 589 g/mol. The average molecular weight is 590 g/mol. The molecule has 0 unspecified atom stereocenters. The summed E-state index contributed by atoms with van der Waals surface area (Å²) in [6.45, 7) is 3.06. The van der Waals surface area contributed by atoms with Crippen LogP contribution in [0.4, 0.5) is 23.0 Å². The van der Waals surface area contributed by atoms with Crippen molar-refractivity contribution in [1.29, 1.82) is 0 Å². The minimum Gasteiger partial charge on any atom is -0.390 e. The van der Waals surface area contributed by atoms with Crippen molar-refractivity contribution in [2.45, 2.75) is 29.1 Å². The number of likely N-dealkylation sites (tertiary alicyclic amines) is 1. The maximum Gasteiger partial charge on any atom is 0.238 e. The van der Waals surface area contributed by atoms with Gasteiger partial charge in [0, 0.05) is 52.3 Å². The summed E-state index contributed by atoms with van der Waals surface area (Å²) >= 11 is 7.48. The zero-order valence-electron chi connectivity index (χ0n) is 22.1. The third-order valence-electron chi connectivity index (χ3n) is 6.58. The number of aliphatic hydroxyl groups is 1. The van der Waals surface area contributed by atoms with Gasteiger partial charge in [-0.3, -0.25) is 14.8 Å². The highest BCUT2D eigenvalue weighted by Gasteiger charge is 2.32. The average Bonchev–Trinajstić information content (AvgIpc) is 3.66. The number of carbonyl (C=O) groups excluding carboxylic acids is 1. The lowest BCUT2D eigenvalue weighted by Gasteiger charge is -2.18. The van der Waals surface area contributed by atoms with E-state index in [-0.39, 0.29) is 18.5 Å². The predicted molar refractivity (Wildman–Crippen MR) is 160 cm³/mol. The zero-order valence-corrected chi connectivity index (χ0v) is 23.7. The van der Waals surface area contributed by atoms with Gasteiger partial charge < -0.3 is 21.1 Å². The first kappa shape index (κ1) is 27.1. The molecule has 1 fully saturated rings. The first-order valence-electron chi connectivity index (χ1n) is 13.0. The number of aryl methyl sites for hydroxylation is 1. The van der Waals surface area contributed by atoms with Crippen LogP contribution in [0.25, 0.3) is 5.52 Å². The maximum atomic E-state index is 12.7. The molecule has 0 spiro atoms. The molecule has 41 heavy (non-hydrogen) atoms. The minimum atomic E-state index is -0.592. The highest BCUT2D eigenvalue weighted by molar-refractivity contribution is 7.99. The first-order valence-corrected chi connectivity index (χ1v) is 14.2. The van der Waals surface area contributed by atoms with Gasteiger partial charge in [-0.2, -0.15) is 5.10 Å². The number of aliphatic hydroxyl groups excluding tert-OH is 1. The van der Waals surface area contributed by atoms with E-state index in [9.17, 15) is 9.90 Å². The van der Waals surface area contributed by atoms with E-state index in [4.69, 9.17) is 16.6 Å². The number of anilines is 4. The van der Waals surface area contributed by atoms with E-state index < -0.39 is 6.10 Å². The largest absolute Gasteiger partial charge is 0.390 e. The highest BCUT2D eigenvalue weighted by Crippen LogP contribution is 2.29. The third kappa shape index (κ3) is 6.63.